The summed E-state index contributed by atoms with van der Waals surface area (Å²) in [7, 11) is 5.08. The number of likely N-dealkylation sites (tertiary alicyclic amines) is 2. The molecule has 236 valence electrons. The van der Waals surface area contributed by atoms with Crippen LogP contribution in [0.15, 0.2) is 0 Å². The van der Waals surface area contributed by atoms with Crippen molar-refractivity contribution in [2.45, 2.75) is 165 Å². The molecular weight excluding hydrogens is 508 g/mol. The summed E-state index contributed by atoms with van der Waals surface area (Å²) >= 11 is 0. The van der Waals surface area contributed by atoms with E-state index < -0.39 is 0 Å². The summed E-state index contributed by atoms with van der Waals surface area (Å²) in [4.78, 5) is 5.87. The summed E-state index contributed by atoms with van der Waals surface area (Å²) in [5, 5.41) is 0. The van der Waals surface area contributed by atoms with Crippen LogP contribution in [0.1, 0.15) is 141 Å². The van der Waals surface area contributed by atoms with E-state index in [9.17, 15) is 0 Å². The Morgan fingerprint density at radius 1 is 0.310 bits per heavy atom. The van der Waals surface area contributed by atoms with Crippen LogP contribution < -0.4 is 0 Å². The van der Waals surface area contributed by atoms with E-state index in [1.165, 1.54) is 38.5 Å². The Balaban J connectivity index is 0.992. The van der Waals surface area contributed by atoms with Crippen molar-refractivity contribution in [3.05, 3.63) is 0 Å². The standard InChI is InChI=1S/C40H66N2/c1-41-35-17-9-7-11-27(35)33-23-25(19-21-37(33)41)39-29-13-3-5-15-31(29)40(32-16-6-4-14-30(32)39)26-20-22-38-34(24-26)28-12-8-10-18-36(28)42(38)2/h25-40H,3-24H2,1-2H3. The minimum atomic E-state index is 0.943. The molecule has 0 aromatic rings. The molecule has 0 radical (unpaired) electrons. The van der Waals surface area contributed by atoms with Crippen LogP contribution in [0.4, 0.5) is 0 Å². The van der Waals surface area contributed by atoms with Gasteiger partial charge in [0.25, 0.3) is 0 Å². The van der Waals surface area contributed by atoms with Gasteiger partial charge in [-0.3, -0.25) is 9.80 Å². The molecule has 2 heterocycles. The summed E-state index contributed by atoms with van der Waals surface area (Å²) in [5.41, 5.74) is 0. The lowest BCUT2D eigenvalue weighted by Gasteiger charge is -2.61. The molecule has 2 nitrogen and oxygen atoms in total. The highest BCUT2D eigenvalue weighted by Crippen LogP contribution is 2.64. The van der Waals surface area contributed by atoms with Gasteiger partial charge in [-0.05, 0) is 175 Å². The van der Waals surface area contributed by atoms with E-state index in [-0.39, 0.29) is 0 Å². The molecule has 2 heteroatoms. The predicted molar refractivity (Wildman–Crippen MR) is 174 cm³/mol. The first-order valence-corrected chi connectivity index (χ1v) is 20.1. The van der Waals surface area contributed by atoms with Gasteiger partial charge in [-0.1, -0.05) is 51.4 Å². The van der Waals surface area contributed by atoms with Crippen molar-refractivity contribution in [2.24, 2.45) is 71.0 Å². The molecule has 9 fully saturated rings. The molecule has 7 saturated carbocycles. The van der Waals surface area contributed by atoms with E-state index in [0.717, 1.165) is 95.2 Å². The van der Waals surface area contributed by atoms with Crippen LogP contribution in [-0.4, -0.2) is 48.1 Å². The number of hydrogen-bond donors (Lipinski definition) is 0. The maximum atomic E-state index is 2.93. The molecule has 2 saturated heterocycles. The van der Waals surface area contributed by atoms with Crippen LogP contribution in [0.25, 0.3) is 0 Å². The summed E-state index contributed by atoms with van der Waals surface area (Å²) in [6.45, 7) is 0. The van der Waals surface area contributed by atoms with E-state index in [2.05, 4.69) is 23.9 Å². The maximum Gasteiger partial charge on any atom is 0.0127 e. The third-order valence-corrected chi connectivity index (χ3v) is 17.4. The zero-order chi connectivity index (χ0) is 27.9. The number of hydrogen-bond acceptors (Lipinski definition) is 2. The average Bonchev–Trinajstić information content (AvgIpc) is 3.50. The topological polar surface area (TPSA) is 6.48 Å². The second-order valence-corrected chi connectivity index (χ2v) is 18.3. The summed E-state index contributed by atoms with van der Waals surface area (Å²) in [6, 6.07) is 3.78. The molecule has 9 aliphatic rings. The average molecular weight is 575 g/mol. The summed E-state index contributed by atoms with van der Waals surface area (Å²) in [6.07, 6.45) is 34.6. The molecule has 0 amide bonds. The highest BCUT2D eigenvalue weighted by atomic mass is 15.2. The summed E-state index contributed by atoms with van der Waals surface area (Å²) in [5.74, 6) is 13.0. The Bertz CT molecular complexity index is 861. The van der Waals surface area contributed by atoms with Crippen LogP contribution in [0, 0.1) is 71.0 Å². The first-order valence-electron chi connectivity index (χ1n) is 20.1. The first kappa shape index (κ1) is 28.2. The lowest BCUT2D eigenvalue weighted by molar-refractivity contribution is -0.120. The lowest BCUT2D eigenvalue weighted by atomic mass is 9.44. The van der Waals surface area contributed by atoms with Crippen molar-refractivity contribution in [1.82, 2.24) is 9.80 Å². The highest BCUT2D eigenvalue weighted by Gasteiger charge is 2.59. The molecule has 9 rings (SSSR count). The Kier molecular flexibility index (Phi) is 7.59. The van der Waals surface area contributed by atoms with E-state index in [1.54, 1.807) is 103 Å². The lowest BCUT2D eigenvalue weighted by Crippen LogP contribution is -2.55. The number of nitrogens with zero attached hydrogens (tertiary/aromatic N) is 2. The van der Waals surface area contributed by atoms with Crippen LogP contribution in [-0.2, 0) is 0 Å². The fraction of sp³-hybridized carbons (Fsp3) is 1.00. The van der Waals surface area contributed by atoms with Gasteiger partial charge in [0.1, 0.15) is 0 Å². The zero-order valence-corrected chi connectivity index (χ0v) is 27.7. The molecule has 0 bridgehead atoms. The van der Waals surface area contributed by atoms with Crippen molar-refractivity contribution in [3.8, 4) is 0 Å². The number of rotatable bonds is 2. The molecule has 2 aliphatic heterocycles. The summed E-state index contributed by atoms with van der Waals surface area (Å²) < 4.78 is 0. The smallest absolute Gasteiger partial charge is 0.0127 e. The van der Waals surface area contributed by atoms with Crippen LogP contribution >= 0.6 is 0 Å². The zero-order valence-electron chi connectivity index (χ0n) is 27.7. The van der Waals surface area contributed by atoms with Crippen molar-refractivity contribution < 1.29 is 0 Å². The van der Waals surface area contributed by atoms with Gasteiger partial charge in [-0.15, -0.1) is 0 Å². The second kappa shape index (κ2) is 11.3. The molecule has 42 heavy (non-hydrogen) atoms. The molecule has 0 aromatic heterocycles. The van der Waals surface area contributed by atoms with E-state index in [0.29, 0.717) is 0 Å². The number of fused-ring (bicyclic) bond motifs is 8. The predicted octanol–water partition coefficient (Wildman–Crippen LogP) is 9.42. The fourth-order valence-corrected chi connectivity index (χ4v) is 16.2. The van der Waals surface area contributed by atoms with Gasteiger partial charge >= 0.3 is 0 Å². The molecule has 0 aromatic carbocycles. The normalized spacial score (nSPS) is 56.4. The van der Waals surface area contributed by atoms with Gasteiger partial charge in [0.15, 0.2) is 0 Å². The van der Waals surface area contributed by atoms with Gasteiger partial charge in [0.05, 0.1) is 0 Å². The Labute approximate surface area is 259 Å². The third-order valence-electron chi connectivity index (χ3n) is 17.4. The van der Waals surface area contributed by atoms with Crippen molar-refractivity contribution in [3.63, 3.8) is 0 Å². The Morgan fingerprint density at radius 3 is 1.00 bits per heavy atom. The quantitative estimate of drug-likeness (QED) is 0.324. The van der Waals surface area contributed by atoms with E-state index in [4.69, 9.17) is 0 Å². The monoisotopic (exact) mass is 575 g/mol. The molecule has 14 atom stereocenters. The van der Waals surface area contributed by atoms with Crippen molar-refractivity contribution >= 4 is 0 Å². The molecule has 7 aliphatic carbocycles. The van der Waals surface area contributed by atoms with Gasteiger partial charge in [0.2, 0.25) is 0 Å². The van der Waals surface area contributed by atoms with E-state index >= 15 is 0 Å². The van der Waals surface area contributed by atoms with Gasteiger partial charge in [-0.25, -0.2) is 0 Å². The van der Waals surface area contributed by atoms with Crippen LogP contribution in [0.2, 0.25) is 0 Å². The minimum Gasteiger partial charge on any atom is -0.300 e. The Hall–Kier alpha value is -0.0800. The third kappa shape index (κ3) is 4.35. The van der Waals surface area contributed by atoms with Gasteiger partial charge in [-0.2, -0.15) is 0 Å². The molecule has 14 unspecified atom stereocenters. The SMILES string of the molecule is CN1C2CCCCC2C2CC(C3C4CCCCC4C(C4CCC5C(C4)C4CCCCC4N5C)C4CCCCC43)CCC21. The molecular formula is C40H66N2. The molecule has 0 spiro atoms. The first-order chi connectivity index (χ1) is 20.7. The minimum absolute atomic E-state index is 0.943. The van der Waals surface area contributed by atoms with E-state index in [1.807, 2.05) is 0 Å². The van der Waals surface area contributed by atoms with Crippen molar-refractivity contribution in [2.75, 3.05) is 14.1 Å². The van der Waals surface area contributed by atoms with Crippen LogP contribution in [0.5, 0.6) is 0 Å². The fourth-order valence-electron chi connectivity index (χ4n) is 16.2. The van der Waals surface area contributed by atoms with Gasteiger partial charge < -0.3 is 0 Å². The van der Waals surface area contributed by atoms with Crippen LogP contribution in [0.3, 0.4) is 0 Å². The molecule has 0 N–H and O–H groups in total. The van der Waals surface area contributed by atoms with Gasteiger partial charge in [0, 0.05) is 24.2 Å². The largest absolute Gasteiger partial charge is 0.300 e. The highest BCUT2D eigenvalue weighted by molar-refractivity contribution is 5.10. The maximum absolute atomic E-state index is 2.93. The van der Waals surface area contributed by atoms with Crippen molar-refractivity contribution in [1.29, 1.82) is 0 Å². The Morgan fingerprint density at radius 2 is 0.619 bits per heavy atom. The second-order valence-electron chi connectivity index (χ2n) is 18.3.